The first-order valence-corrected chi connectivity index (χ1v) is 6.63. The van der Waals surface area contributed by atoms with Gasteiger partial charge in [-0.15, -0.1) is 22.9 Å². The molecule has 17 heavy (non-hydrogen) atoms. The molecule has 1 nitrogen and oxygen atoms in total. The van der Waals surface area contributed by atoms with Crippen LogP contribution in [0.4, 0.5) is 4.39 Å². The molecule has 0 aliphatic carbocycles. The number of benzene rings is 1. The van der Waals surface area contributed by atoms with Gasteiger partial charge >= 0.3 is 0 Å². The van der Waals surface area contributed by atoms with E-state index >= 15 is 0 Å². The molecule has 5 heteroatoms. The average molecular weight is 291 g/mol. The van der Waals surface area contributed by atoms with Gasteiger partial charge in [-0.1, -0.05) is 11.6 Å². The van der Waals surface area contributed by atoms with Crippen molar-refractivity contribution in [1.29, 1.82) is 0 Å². The van der Waals surface area contributed by atoms with Crippen LogP contribution in [-0.4, -0.2) is 0 Å². The molecule has 0 saturated heterocycles. The number of alkyl halides is 1. The highest BCUT2D eigenvalue weighted by molar-refractivity contribution is 7.16. The first kappa shape index (κ1) is 12.7. The minimum absolute atomic E-state index is 0.221. The van der Waals surface area contributed by atoms with Crippen molar-refractivity contribution in [2.24, 2.45) is 0 Å². The Morgan fingerprint density at radius 2 is 2.06 bits per heavy atom. The van der Waals surface area contributed by atoms with Gasteiger partial charge < -0.3 is 4.74 Å². The largest absolute Gasteiger partial charge is 0.488 e. The van der Waals surface area contributed by atoms with Crippen LogP contribution in [0.25, 0.3) is 0 Å². The van der Waals surface area contributed by atoms with Crippen molar-refractivity contribution in [3.05, 3.63) is 50.9 Å². The smallest absolute Gasteiger partial charge is 0.124 e. The van der Waals surface area contributed by atoms with Crippen LogP contribution < -0.4 is 4.74 Å². The molecule has 0 fully saturated rings. The van der Waals surface area contributed by atoms with Crippen LogP contribution >= 0.6 is 34.5 Å². The molecule has 0 atom stereocenters. The lowest BCUT2D eigenvalue weighted by molar-refractivity contribution is 0.307. The minimum Gasteiger partial charge on any atom is -0.488 e. The molecule has 1 aromatic carbocycles. The zero-order valence-corrected chi connectivity index (χ0v) is 11.1. The molecule has 90 valence electrons. The lowest BCUT2D eigenvalue weighted by atomic mass is 10.2. The molecule has 0 aliphatic rings. The van der Waals surface area contributed by atoms with Gasteiger partial charge in [-0.25, -0.2) is 4.39 Å². The zero-order chi connectivity index (χ0) is 12.3. The lowest BCUT2D eigenvalue weighted by Gasteiger charge is -2.08. The summed E-state index contributed by atoms with van der Waals surface area (Å²) in [5.74, 6) is 0.510. The first-order chi connectivity index (χ1) is 8.19. The minimum atomic E-state index is -0.313. The Bertz CT molecular complexity index is 513. The van der Waals surface area contributed by atoms with Gasteiger partial charge in [0.1, 0.15) is 18.2 Å². The topological polar surface area (TPSA) is 9.23 Å². The second-order valence-electron chi connectivity index (χ2n) is 3.38. The Morgan fingerprint density at radius 3 is 2.71 bits per heavy atom. The summed E-state index contributed by atoms with van der Waals surface area (Å²) in [4.78, 5) is 1.01. The van der Waals surface area contributed by atoms with Gasteiger partial charge in [0.2, 0.25) is 0 Å². The summed E-state index contributed by atoms with van der Waals surface area (Å²) in [6.07, 6.45) is 0. The summed E-state index contributed by atoms with van der Waals surface area (Å²) in [6, 6.07) is 8.04. The summed E-state index contributed by atoms with van der Waals surface area (Å²) >= 11 is 13.0. The highest BCUT2D eigenvalue weighted by atomic mass is 35.5. The third kappa shape index (κ3) is 3.35. The number of ether oxygens (including phenoxy) is 1. The van der Waals surface area contributed by atoms with E-state index in [-0.39, 0.29) is 11.7 Å². The molecule has 0 amide bonds. The number of thiophene rings is 1. The monoisotopic (exact) mass is 290 g/mol. The molecule has 0 spiro atoms. The number of hydrogen-bond donors (Lipinski definition) is 0. The molecular formula is C12H9Cl2FOS. The Morgan fingerprint density at radius 1 is 1.24 bits per heavy atom. The van der Waals surface area contributed by atoms with Crippen molar-refractivity contribution in [3.8, 4) is 5.75 Å². The molecule has 0 radical (unpaired) electrons. The maximum Gasteiger partial charge on any atom is 0.124 e. The van der Waals surface area contributed by atoms with E-state index in [1.165, 1.54) is 23.5 Å². The van der Waals surface area contributed by atoms with Crippen molar-refractivity contribution in [1.82, 2.24) is 0 Å². The predicted molar refractivity (Wildman–Crippen MR) is 69.6 cm³/mol. The number of hydrogen-bond acceptors (Lipinski definition) is 2. The average Bonchev–Trinajstić information content (AvgIpc) is 2.73. The van der Waals surface area contributed by atoms with E-state index in [2.05, 4.69) is 0 Å². The Labute approximate surface area is 113 Å². The van der Waals surface area contributed by atoms with Crippen LogP contribution in [-0.2, 0) is 12.5 Å². The van der Waals surface area contributed by atoms with Crippen molar-refractivity contribution in [3.63, 3.8) is 0 Å². The molecule has 2 aromatic rings. The number of rotatable bonds is 4. The van der Waals surface area contributed by atoms with Crippen LogP contribution in [0, 0.1) is 5.82 Å². The van der Waals surface area contributed by atoms with Crippen molar-refractivity contribution in [2.45, 2.75) is 12.5 Å². The maximum absolute atomic E-state index is 13.0. The summed E-state index contributed by atoms with van der Waals surface area (Å²) in [5.41, 5.74) is 0.648. The fraction of sp³-hybridized carbons (Fsp3) is 0.167. The first-order valence-electron chi connectivity index (χ1n) is 4.90. The van der Waals surface area contributed by atoms with Gasteiger partial charge in [0.15, 0.2) is 0 Å². The molecule has 0 saturated carbocycles. The standard InChI is InChI=1S/C12H9Cl2FOS/c13-6-8-5-9(15)1-3-11(8)16-7-10-2-4-12(14)17-10/h1-5H,6-7H2. The molecule has 0 unspecified atom stereocenters. The molecule has 1 aromatic heterocycles. The summed E-state index contributed by atoms with van der Waals surface area (Å²) < 4.78 is 19.3. The van der Waals surface area contributed by atoms with Crippen LogP contribution in [0.3, 0.4) is 0 Å². The molecule has 0 N–H and O–H groups in total. The van der Waals surface area contributed by atoms with Crippen LogP contribution in [0.15, 0.2) is 30.3 Å². The van der Waals surface area contributed by atoms with Crippen molar-refractivity contribution >= 4 is 34.5 Å². The maximum atomic E-state index is 13.0. The predicted octanol–water partition coefficient (Wildman–Crippen LogP) is 4.86. The van der Waals surface area contributed by atoms with E-state index in [1.807, 2.05) is 12.1 Å². The van der Waals surface area contributed by atoms with E-state index in [1.54, 1.807) is 6.07 Å². The molecular weight excluding hydrogens is 282 g/mol. The van der Waals surface area contributed by atoms with Gasteiger partial charge in [-0.3, -0.25) is 0 Å². The molecule has 2 rings (SSSR count). The van der Waals surface area contributed by atoms with Gasteiger partial charge in [-0.05, 0) is 30.3 Å². The van der Waals surface area contributed by atoms with E-state index in [4.69, 9.17) is 27.9 Å². The molecule has 0 bridgehead atoms. The van der Waals surface area contributed by atoms with E-state index in [0.29, 0.717) is 17.9 Å². The fourth-order valence-electron chi connectivity index (χ4n) is 1.37. The summed E-state index contributed by atoms with van der Waals surface area (Å²) in [5, 5.41) is 0. The van der Waals surface area contributed by atoms with Crippen molar-refractivity contribution < 1.29 is 9.13 Å². The second kappa shape index (κ2) is 5.71. The normalized spacial score (nSPS) is 10.5. The third-order valence-electron chi connectivity index (χ3n) is 2.17. The zero-order valence-electron chi connectivity index (χ0n) is 8.75. The Hall–Kier alpha value is -0.770. The van der Waals surface area contributed by atoms with E-state index in [0.717, 1.165) is 9.21 Å². The summed E-state index contributed by atoms with van der Waals surface area (Å²) in [6.45, 7) is 0.410. The van der Waals surface area contributed by atoms with Gasteiger partial charge in [-0.2, -0.15) is 0 Å². The highest BCUT2D eigenvalue weighted by Crippen LogP contribution is 2.25. The van der Waals surface area contributed by atoms with E-state index < -0.39 is 0 Å². The number of halogens is 3. The van der Waals surface area contributed by atoms with Crippen molar-refractivity contribution in [2.75, 3.05) is 0 Å². The van der Waals surface area contributed by atoms with Gasteiger partial charge in [0.05, 0.1) is 10.2 Å². The fourth-order valence-corrected chi connectivity index (χ4v) is 2.58. The van der Waals surface area contributed by atoms with Gasteiger partial charge in [0, 0.05) is 10.4 Å². The van der Waals surface area contributed by atoms with Crippen LogP contribution in [0.5, 0.6) is 5.75 Å². The third-order valence-corrected chi connectivity index (χ3v) is 3.66. The van der Waals surface area contributed by atoms with Crippen LogP contribution in [0.2, 0.25) is 4.34 Å². The lowest BCUT2D eigenvalue weighted by Crippen LogP contribution is -1.96. The highest BCUT2D eigenvalue weighted by Gasteiger charge is 2.06. The van der Waals surface area contributed by atoms with E-state index in [9.17, 15) is 4.39 Å². The molecule has 1 heterocycles. The molecule has 0 aliphatic heterocycles. The summed E-state index contributed by atoms with van der Waals surface area (Å²) in [7, 11) is 0. The Balaban J connectivity index is 2.08. The van der Waals surface area contributed by atoms with Crippen LogP contribution in [0.1, 0.15) is 10.4 Å². The quantitative estimate of drug-likeness (QED) is 0.731. The second-order valence-corrected chi connectivity index (χ2v) is 5.45. The Kier molecular flexibility index (Phi) is 4.26. The van der Waals surface area contributed by atoms with Gasteiger partial charge in [0.25, 0.3) is 0 Å². The SMILES string of the molecule is Fc1ccc(OCc2ccc(Cl)s2)c(CCl)c1.